The quantitative estimate of drug-likeness (QED) is 0.855. The molecule has 1 aromatic rings. The van der Waals surface area contributed by atoms with Crippen LogP contribution in [0.25, 0.3) is 0 Å². The maximum atomic E-state index is 12.5. The van der Waals surface area contributed by atoms with Gasteiger partial charge in [0, 0.05) is 32.4 Å². The van der Waals surface area contributed by atoms with Gasteiger partial charge in [-0.1, -0.05) is 12.8 Å². The van der Waals surface area contributed by atoms with Crippen LogP contribution >= 0.6 is 0 Å². The molecule has 102 valence electrons. The number of rotatable bonds is 4. The van der Waals surface area contributed by atoms with Gasteiger partial charge < -0.3 is 10.3 Å². The summed E-state index contributed by atoms with van der Waals surface area (Å²) in [7, 11) is -0.187. The maximum Gasteiger partial charge on any atom is 0.262 e. The number of nitrogens with zero attached hydrogens (tertiary/aromatic N) is 3. The number of aromatic nitrogens is 2. The van der Waals surface area contributed by atoms with E-state index in [1.165, 1.54) is 16.8 Å². The Bertz CT molecular complexity index is 517. The normalized spacial score (nSPS) is 19.6. The van der Waals surface area contributed by atoms with Crippen molar-refractivity contribution in [2.24, 2.45) is 12.8 Å². The lowest BCUT2D eigenvalue weighted by Gasteiger charge is -2.36. The number of hydrogen-bond donors (Lipinski definition) is 1. The van der Waals surface area contributed by atoms with Crippen LogP contribution in [0.4, 0.5) is 0 Å². The van der Waals surface area contributed by atoms with Gasteiger partial charge >= 0.3 is 0 Å². The van der Waals surface area contributed by atoms with Crippen LogP contribution in [0.5, 0.6) is 0 Å². The number of nitrogens with two attached hydrogens (primary N) is 1. The highest BCUT2D eigenvalue weighted by molar-refractivity contribution is 7.89. The minimum Gasteiger partial charge on any atom is -0.339 e. The van der Waals surface area contributed by atoms with Crippen molar-refractivity contribution < 1.29 is 8.42 Å². The average molecular weight is 272 g/mol. The molecule has 1 heterocycles. The first kappa shape index (κ1) is 13.5. The van der Waals surface area contributed by atoms with Crippen molar-refractivity contribution in [3.05, 3.63) is 12.5 Å². The fraction of sp³-hybridized carbons (Fsp3) is 0.727. The van der Waals surface area contributed by atoms with E-state index in [0.717, 1.165) is 25.7 Å². The summed E-state index contributed by atoms with van der Waals surface area (Å²) in [5.74, 6) is 0. The molecule has 0 amide bonds. The van der Waals surface area contributed by atoms with Crippen LogP contribution in [0.15, 0.2) is 17.6 Å². The highest BCUT2D eigenvalue weighted by Gasteiger charge is 2.43. The van der Waals surface area contributed by atoms with E-state index >= 15 is 0 Å². The van der Waals surface area contributed by atoms with E-state index in [4.69, 9.17) is 5.73 Å². The van der Waals surface area contributed by atoms with E-state index in [-0.39, 0.29) is 5.03 Å². The molecule has 6 nitrogen and oxygen atoms in total. The largest absolute Gasteiger partial charge is 0.339 e. The second kappa shape index (κ2) is 4.64. The van der Waals surface area contributed by atoms with Gasteiger partial charge in [0.25, 0.3) is 10.0 Å². The van der Waals surface area contributed by atoms with E-state index in [1.807, 2.05) is 0 Å². The molecule has 0 bridgehead atoms. The number of likely N-dealkylation sites (N-methyl/N-ethyl adjacent to an activating group) is 1. The molecule has 0 aromatic carbocycles. The zero-order valence-electron chi connectivity index (χ0n) is 10.8. The van der Waals surface area contributed by atoms with Gasteiger partial charge in [-0.05, 0) is 12.8 Å². The number of aryl methyl sites for hydroxylation is 1. The summed E-state index contributed by atoms with van der Waals surface area (Å²) in [6, 6.07) is 0. The van der Waals surface area contributed by atoms with Gasteiger partial charge in [0.1, 0.15) is 0 Å². The van der Waals surface area contributed by atoms with Crippen molar-refractivity contribution in [2.75, 3.05) is 13.6 Å². The number of sulfonamides is 1. The second-order valence-electron chi connectivity index (χ2n) is 4.99. The van der Waals surface area contributed by atoms with E-state index in [1.54, 1.807) is 18.7 Å². The fourth-order valence-electron chi connectivity index (χ4n) is 2.60. The Labute approximate surface area is 108 Å². The molecule has 1 aliphatic rings. The van der Waals surface area contributed by atoms with Gasteiger partial charge in [-0.3, -0.25) is 0 Å². The van der Waals surface area contributed by atoms with E-state index in [0.29, 0.717) is 6.54 Å². The van der Waals surface area contributed by atoms with Crippen LogP contribution in [0.3, 0.4) is 0 Å². The minimum absolute atomic E-state index is 0.0900. The van der Waals surface area contributed by atoms with Gasteiger partial charge in [0.05, 0.1) is 6.33 Å². The van der Waals surface area contributed by atoms with Gasteiger partial charge in [-0.2, -0.15) is 4.31 Å². The molecule has 0 radical (unpaired) electrons. The monoisotopic (exact) mass is 272 g/mol. The topological polar surface area (TPSA) is 81.2 Å². The Morgan fingerprint density at radius 1 is 1.50 bits per heavy atom. The first-order chi connectivity index (χ1) is 8.42. The third kappa shape index (κ3) is 2.06. The van der Waals surface area contributed by atoms with Crippen molar-refractivity contribution in [3.63, 3.8) is 0 Å². The summed E-state index contributed by atoms with van der Waals surface area (Å²) in [4.78, 5) is 3.94. The summed E-state index contributed by atoms with van der Waals surface area (Å²) in [6.45, 7) is 0.357. The Balaban J connectivity index is 2.35. The molecule has 0 spiro atoms. The lowest BCUT2D eigenvalue weighted by Crippen LogP contribution is -2.52. The average Bonchev–Trinajstić information content (AvgIpc) is 2.97. The summed E-state index contributed by atoms with van der Waals surface area (Å²) in [6.07, 6.45) is 6.71. The Hall–Kier alpha value is -0.920. The molecule has 0 unspecified atom stereocenters. The predicted octanol–water partition coefficient (Wildman–Crippen LogP) is 0.312. The third-order valence-electron chi connectivity index (χ3n) is 3.89. The highest BCUT2D eigenvalue weighted by atomic mass is 32.2. The lowest BCUT2D eigenvalue weighted by molar-refractivity contribution is 0.230. The molecule has 1 saturated carbocycles. The molecule has 0 atom stereocenters. The van der Waals surface area contributed by atoms with Crippen LogP contribution in [0, 0.1) is 0 Å². The van der Waals surface area contributed by atoms with Crippen molar-refractivity contribution in [3.8, 4) is 0 Å². The van der Waals surface area contributed by atoms with Gasteiger partial charge in [-0.25, -0.2) is 13.4 Å². The van der Waals surface area contributed by atoms with E-state index in [2.05, 4.69) is 4.98 Å². The smallest absolute Gasteiger partial charge is 0.262 e. The van der Waals surface area contributed by atoms with Crippen LogP contribution in [0.2, 0.25) is 0 Å². The Morgan fingerprint density at radius 3 is 2.56 bits per heavy atom. The maximum absolute atomic E-state index is 12.5. The first-order valence-corrected chi connectivity index (χ1v) is 7.53. The molecule has 1 aliphatic carbocycles. The Kier molecular flexibility index (Phi) is 3.48. The molecule has 0 aliphatic heterocycles. The van der Waals surface area contributed by atoms with Crippen molar-refractivity contribution in [1.29, 1.82) is 0 Å². The zero-order valence-corrected chi connectivity index (χ0v) is 11.7. The minimum atomic E-state index is -3.55. The van der Waals surface area contributed by atoms with E-state index < -0.39 is 15.6 Å². The van der Waals surface area contributed by atoms with Crippen molar-refractivity contribution in [2.45, 2.75) is 36.2 Å². The molecule has 18 heavy (non-hydrogen) atoms. The second-order valence-corrected chi connectivity index (χ2v) is 6.90. The number of imidazole rings is 1. The summed E-state index contributed by atoms with van der Waals surface area (Å²) < 4.78 is 28.0. The summed E-state index contributed by atoms with van der Waals surface area (Å²) in [5, 5.41) is 0.0900. The Morgan fingerprint density at radius 2 is 2.11 bits per heavy atom. The van der Waals surface area contributed by atoms with Gasteiger partial charge in [-0.15, -0.1) is 0 Å². The molecule has 2 N–H and O–H groups in total. The summed E-state index contributed by atoms with van der Waals surface area (Å²) in [5.41, 5.74) is 5.38. The first-order valence-electron chi connectivity index (χ1n) is 6.09. The highest BCUT2D eigenvalue weighted by Crippen LogP contribution is 2.36. The van der Waals surface area contributed by atoms with Crippen molar-refractivity contribution in [1.82, 2.24) is 13.9 Å². The molecule has 7 heteroatoms. The predicted molar refractivity (Wildman–Crippen MR) is 68.4 cm³/mol. The summed E-state index contributed by atoms with van der Waals surface area (Å²) >= 11 is 0. The SMILES string of the molecule is CN(C1(CN)CCCC1)S(=O)(=O)c1cn(C)cn1. The third-order valence-corrected chi connectivity index (χ3v) is 5.74. The molecular formula is C11H20N4O2S. The van der Waals surface area contributed by atoms with Crippen LogP contribution < -0.4 is 5.73 Å². The molecule has 0 saturated heterocycles. The van der Waals surface area contributed by atoms with Gasteiger partial charge in [0.2, 0.25) is 0 Å². The van der Waals surface area contributed by atoms with Crippen LogP contribution in [-0.4, -0.2) is 41.4 Å². The van der Waals surface area contributed by atoms with Crippen LogP contribution in [-0.2, 0) is 17.1 Å². The fourth-order valence-corrected chi connectivity index (χ4v) is 4.13. The molecule has 1 fully saturated rings. The number of hydrogen-bond acceptors (Lipinski definition) is 4. The van der Waals surface area contributed by atoms with Crippen molar-refractivity contribution >= 4 is 10.0 Å². The zero-order chi connectivity index (χ0) is 13.4. The standard InChI is InChI=1S/C11H20N4O2S/c1-14-7-10(13-9-14)18(16,17)15(2)11(8-12)5-3-4-6-11/h7,9H,3-6,8,12H2,1-2H3. The van der Waals surface area contributed by atoms with Gasteiger partial charge in [0.15, 0.2) is 5.03 Å². The molecular weight excluding hydrogens is 252 g/mol. The molecule has 1 aromatic heterocycles. The van der Waals surface area contributed by atoms with Crippen LogP contribution in [0.1, 0.15) is 25.7 Å². The molecule has 2 rings (SSSR count). The lowest BCUT2D eigenvalue weighted by atomic mass is 9.98. The van der Waals surface area contributed by atoms with E-state index in [9.17, 15) is 8.42 Å².